The van der Waals surface area contributed by atoms with Gasteiger partial charge in [0.25, 0.3) is 0 Å². The number of aryl methyl sites for hydroxylation is 1. The second kappa shape index (κ2) is 4.60. The molecule has 0 spiro atoms. The van der Waals surface area contributed by atoms with E-state index in [0.717, 1.165) is 18.0 Å². The van der Waals surface area contributed by atoms with Crippen molar-refractivity contribution in [1.82, 2.24) is 4.98 Å². The first-order valence-corrected chi connectivity index (χ1v) is 6.12. The molecule has 14 heavy (non-hydrogen) atoms. The Morgan fingerprint density at radius 2 is 2.50 bits per heavy atom. The quantitative estimate of drug-likeness (QED) is 0.771. The van der Waals surface area contributed by atoms with Crippen molar-refractivity contribution in [1.29, 1.82) is 0 Å². The van der Waals surface area contributed by atoms with E-state index in [0.29, 0.717) is 6.04 Å². The van der Waals surface area contributed by atoms with Crippen molar-refractivity contribution in [2.45, 2.75) is 38.6 Å². The van der Waals surface area contributed by atoms with Crippen LogP contribution in [-0.4, -0.2) is 11.0 Å². The van der Waals surface area contributed by atoms with Gasteiger partial charge in [-0.15, -0.1) is 11.3 Å². The first-order valence-electron chi connectivity index (χ1n) is 5.24. The minimum Gasteiger partial charge on any atom is -0.358 e. The van der Waals surface area contributed by atoms with Gasteiger partial charge < -0.3 is 5.32 Å². The molecular formula is C11H16N2S. The molecule has 0 saturated heterocycles. The maximum absolute atomic E-state index is 4.51. The van der Waals surface area contributed by atoms with Crippen LogP contribution in [0.15, 0.2) is 17.5 Å². The van der Waals surface area contributed by atoms with Gasteiger partial charge in [0.2, 0.25) is 0 Å². The number of hydrogen-bond acceptors (Lipinski definition) is 3. The van der Waals surface area contributed by atoms with Gasteiger partial charge in [0.15, 0.2) is 5.13 Å². The topological polar surface area (TPSA) is 24.9 Å². The van der Waals surface area contributed by atoms with Crippen LogP contribution in [0.5, 0.6) is 0 Å². The lowest BCUT2D eigenvalue weighted by molar-refractivity contribution is 0.644. The minimum atomic E-state index is 0.593. The van der Waals surface area contributed by atoms with E-state index in [9.17, 15) is 0 Å². The molecule has 1 heterocycles. The molecule has 0 radical (unpaired) electrons. The van der Waals surface area contributed by atoms with Gasteiger partial charge in [0.05, 0.1) is 5.69 Å². The van der Waals surface area contributed by atoms with Crippen LogP contribution in [0.1, 0.15) is 31.9 Å². The molecule has 3 heteroatoms. The molecule has 2 nitrogen and oxygen atoms in total. The number of nitrogens with one attached hydrogen (secondary N) is 1. The molecule has 1 atom stereocenters. The lowest BCUT2D eigenvalue weighted by atomic mass is 10.0. The van der Waals surface area contributed by atoms with Crippen LogP contribution in [0, 0.1) is 0 Å². The molecule has 1 aliphatic carbocycles. The van der Waals surface area contributed by atoms with Gasteiger partial charge in [-0.05, 0) is 25.7 Å². The average Bonchev–Trinajstić information content (AvgIpc) is 2.67. The zero-order valence-electron chi connectivity index (χ0n) is 8.49. The summed E-state index contributed by atoms with van der Waals surface area (Å²) in [4.78, 5) is 4.51. The Kier molecular flexibility index (Phi) is 3.19. The Morgan fingerprint density at radius 1 is 1.57 bits per heavy atom. The summed E-state index contributed by atoms with van der Waals surface area (Å²) < 4.78 is 0. The SMILES string of the molecule is CCc1csc(NC2CC=CCC2)n1. The summed E-state index contributed by atoms with van der Waals surface area (Å²) in [5.41, 5.74) is 1.20. The summed E-state index contributed by atoms with van der Waals surface area (Å²) in [5.74, 6) is 0. The smallest absolute Gasteiger partial charge is 0.183 e. The summed E-state index contributed by atoms with van der Waals surface area (Å²) in [6.07, 6.45) is 9.12. The highest BCUT2D eigenvalue weighted by Crippen LogP contribution is 2.20. The molecule has 0 saturated carbocycles. The third-order valence-corrected chi connectivity index (χ3v) is 3.33. The Bertz CT molecular complexity index is 317. The Hall–Kier alpha value is -0.830. The third-order valence-electron chi connectivity index (χ3n) is 2.51. The fourth-order valence-corrected chi connectivity index (χ4v) is 2.51. The van der Waals surface area contributed by atoms with E-state index in [4.69, 9.17) is 0 Å². The lowest BCUT2D eigenvalue weighted by Crippen LogP contribution is -2.20. The van der Waals surface area contributed by atoms with Gasteiger partial charge in [0.1, 0.15) is 0 Å². The molecule has 0 fully saturated rings. The fourth-order valence-electron chi connectivity index (χ4n) is 1.63. The number of rotatable bonds is 3. The highest BCUT2D eigenvalue weighted by molar-refractivity contribution is 7.13. The summed E-state index contributed by atoms with van der Waals surface area (Å²) in [6, 6.07) is 0.593. The van der Waals surface area contributed by atoms with E-state index in [1.165, 1.54) is 18.5 Å². The van der Waals surface area contributed by atoms with Crippen LogP contribution in [-0.2, 0) is 6.42 Å². The molecule has 76 valence electrons. The molecule has 1 aliphatic rings. The normalized spacial score (nSPS) is 21.1. The van der Waals surface area contributed by atoms with E-state index in [1.54, 1.807) is 11.3 Å². The Balaban J connectivity index is 1.93. The monoisotopic (exact) mass is 208 g/mol. The van der Waals surface area contributed by atoms with Crippen LogP contribution >= 0.6 is 11.3 Å². The summed E-state index contributed by atoms with van der Waals surface area (Å²) in [5, 5.41) is 6.72. The van der Waals surface area contributed by atoms with Gasteiger partial charge in [0, 0.05) is 11.4 Å². The van der Waals surface area contributed by atoms with Crippen LogP contribution in [0.25, 0.3) is 0 Å². The second-order valence-corrected chi connectivity index (χ2v) is 4.48. The van der Waals surface area contributed by atoms with Crippen molar-refractivity contribution in [2.24, 2.45) is 0 Å². The van der Waals surface area contributed by atoms with Gasteiger partial charge in [-0.1, -0.05) is 19.1 Å². The average molecular weight is 208 g/mol. The van der Waals surface area contributed by atoms with E-state index in [-0.39, 0.29) is 0 Å². The van der Waals surface area contributed by atoms with Crippen LogP contribution in [0.2, 0.25) is 0 Å². The molecule has 0 bridgehead atoms. The number of allylic oxidation sites excluding steroid dienone is 1. The van der Waals surface area contributed by atoms with Gasteiger partial charge in [-0.2, -0.15) is 0 Å². The van der Waals surface area contributed by atoms with Crippen molar-refractivity contribution >= 4 is 16.5 Å². The summed E-state index contributed by atoms with van der Waals surface area (Å²) in [6.45, 7) is 2.14. The first-order chi connectivity index (χ1) is 6.88. The van der Waals surface area contributed by atoms with Crippen molar-refractivity contribution in [3.63, 3.8) is 0 Å². The van der Waals surface area contributed by atoms with E-state index >= 15 is 0 Å². The largest absolute Gasteiger partial charge is 0.358 e. The highest BCUT2D eigenvalue weighted by Gasteiger charge is 2.10. The van der Waals surface area contributed by atoms with E-state index in [2.05, 4.69) is 34.8 Å². The number of anilines is 1. The second-order valence-electron chi connectivity index (χ2n) is 3.62. The van der Waals surface area contributed by atoms with Gasteiger partial charge >= 0.3 is 0 Å². The predicted octanol–water partition coefficient (Wildman–Crippen LogP) is 3.23. The summed E-state index contributed by atoms with van der Waals surface area (Å²) in [7, 11) is 0. The highest BCUT2D eigenvalue weighted by atomic mass is 32.1. The minimum absolute atomic E-state index is 0.593. The molecule has 1 aromatic heterocycles. The molecule has 2 rings (SSSR count). The standard InChI is InChI=1S/C11H16N2S/c1-2-9-8-14-11(12-9)13-10-6-4-3-5-7-10/h3-4,8,10H,2,5-7H2,1H3,(H,12,13). The first kappa shape index (κ1) is 9.71. The number of thiazole rings is 1. The predicted molar refractivity (Wildman–Crippen MR) is 61.9 cm³/mol. The summed E-state index contributed by atoms with van der Waals surface area (Å²) >= 11 is 1.72. The van der Waals surface area contributed by atoms with Crippen molar-refractivity contribution in [3.8, 4) is 0 Å². The van der Waals surface area contributed by atoms with Crippen molar-refractivity contribution in [2.75, 3.05) is 5.32 Å². The Labute approximate surface area is 89.1 Å². The number of nitrogens with zero attached hydrogens (tertiary/aromatic N) is 1. The molecule has 1 N–H and O–H groups in total. The molecule has 0 amide bonds. The maximum atomic E-state index is 4.51. The zero-order chi connectivity index (χ0) is 9.80. The van der Waals surface area contributed by atoms with Crippen molar-refractivity contribution in [3.05, 3.63) is 23.2 Å². The lowest BCUT2D eigenvalue weighted by Gasteiger charge is -2.18. The fraction of sp³-hybridized carbons (Fsp3) is 0.545. The van der Waals surface area contributed by atoms with Crippen molar-refractivity contribution < 1.29 is 0 Å². The Morgan fingerprint density at radius 3 is 3.14 bits per heavy atom. The van der Waals surface area contributed by atoms with Crippen LogP contribution in [0.3, 0.4) is 0 Å². The van der Waals surface area contributed by atoms with E-state index < -0.39 is 0 Å². The molecule has 1 unspecified atom stereocenters. The third kappa shape index (κ3) is 2.35. The van der Waals surface area contributed by atoms with Crippen LogP contribution < -0.4 is 5.32 Å². The van der Waals surface area contributed by atoms with E-state index in [1.807, 2.05) is 0 Å². The molecule has 0 aromatic carbocycles. The molecular weight excluding hydrogens is 192 g/mol. The van der Waals surface area contributed by atoms with Crippen LogP contribution in [0.4, 0.5) is 5.13 Å². The van der Waals surface area contributed by atoms with Gasteiger partial charge in [-0.25, -0.2) is 4.98 Å². The number of aromatic nitrogens is 1. The molecule has 0 aliphatic heterocycles. The number of hydrogen-bond donors (Lipinski definition) is 1. The molecule has 1 aromatic rings. The maximum Gasteiger partial charge on any atom is 0.183 e. The van der Waals surface area contributed by atoms with Gasteiger partial charge in [-0.3, -0.25) is 0 Å². The zero-order valence-corrected chi connectivity index (χ0v) is 9.31.